The lowest BCUT2D eigenvalue weighted by molar-refractivity contribution is 0.960. The van der Waals surface area contributed by atoms with Gasteiger partial charge in [-0.3, -0.25) is 0 Å². The topological polar surface area (TPSA) is 0 Å². The van der Waals surface area contributed by atoms with Crippen LogP contribution >= 0.6 is 0 Å². The Balaban J connectivity index is 0.00000112. The molecule has 0 radical (unpaired) electrons. The molecule has 0 aliphatic heterocycles. The Morgan fingerprint density at radius 2 is 0.867 bits per heavy atom. The summed E-state index contributed by atoms with van der Waals surface area (Å²) in [5, 5.41) is 0. The van der Waals surface area contributed by atoms with Crippen molar-refractivity contribution >= 4 is 11.0 Å². The van der Waals surface area contributed by atoms with Gasteiger partial charge in [-0.25, -0.2) is 0 Å². The lowest BCUT2D eigenvalue weighted by Gasteiger charge is -2.01. The third-order valence-corrected chi connectivity index (χ3v) is 2.39. The summed E-state index contributed by atoms with van der Waals surface area (Å²) in [5.74, 6) is 0. The Hall–Kier alpha value is -1.34. The molecule has 0 bridgehead atoms. The van der Waals surface area contributed by atoms with Crippen molar-refractivity contribution in [1.29, 1.82) is 0 Å². The predicted molar refractivity (Wildman–Crippen MR) is 71.6 cm³/mol. The maximum absolute atomic E-state index is 2.18. The van der Waals surface area contributed by atoms with Crippen molar-refractivity contribution in [3.05, 3.63) is 71.8 Å². The predicted octanol–water partition coefficient (Wildman–Crippen LogP) is 2.02. The van der Waals surface area contributed by atoms with Gasteiger partial charge in [0, 0.05) is 0 Å². The minimum absolute atomic E-state index is 0. The van der Waals surface area contributed by atoms with E-state index >= 15 is 0 Å². The molecule has 0 aliphatic rings. The molecule has 1 heteroatoms. The number of rotatable bonds is 3. The fourth-order valence-electron chi connectivity index (χ4n) is 1.58. The van der Waals surface area contributed by atoms with Gasteiger partial charge in [0.25, 0.3) is 0 Å². The van der Waals surface area contributed by atoms with Crippen LogP contribution in [0.3, 0.4) is 0 Å². The second-order valence-electron chi connectivity index (χ2n) is 3.47. The zero-order valence-corrected chi connectivity index (χ0v) is 8.19. The highest BCUT2D eigenvalue weighted by Crippen LogP contribution is 2.06. The van der Waals surface area contributed by atoms with Crippen LogP contribution in [0, 0.1) is 0 Å². The van der Waals surface area contributed by atoms with E-state index in [1.54, 1.807) is 0 Å². The van der Waals surface area contributed by atoms with Crippen LogP contribution in [0.1, 0.15) is 11.1 Å². The molecule has 78 valence electrons. The van der Waals surface area contributed by atoms with Gasteiger partial charge in [0.1, 0.15) is 0 Å². The molecule has 0 amide bonds. The monoisotopic (exact) mass is 214 g/mol. The van der Waals surface area contributed by atoms with E-state index in [0.29, 0.717) is 0 Å². The summed E-state index contributed by atoms with van der Waals surface area (Å²) in [6, 6.07) is 21.2. The molecule has 0 N–H and O–H groups in total. The molecule has 0 unspecified atom stereocenters. The van der Waals surface area contributed by atoms with Gasteiger partial charge in [-0.05, 0) is 34.9 Å². The van der Waals surface area contributed by atoms with E-state index in [4.69, 9.17) is 0 Å². The van der Waals surface area contributed by atoms with E-state index in [1.807, 2.05) is 0 Å². The highest BCUT2D eigenvalue weighted by Gasteiger charge is 1.93. The molecule has 0 saturated heterocycles. The van der Waals surface area contributed by atoms with Crippen molar-refractivity contribution in [1.82, 2.24) is 0 Å². The van der Waals surface area contributed by atoms with Crippen molar-refractivity contribution in [2.24, 2.45) is 0 Å². The summed E-state index contributed by atoms with van der Waals surface area (Å²) in [6.45, 7) is 0. The summed E-state index contributed by atoms with van der Waals surface area (Å²) < 4.78 is 0. The molecule has 0 spiro atoms. The molecule has 0 heterocycles. The van der Waals surface area contributed by atoms with Crippen molar-refractivity contribution < 1.29 is 0 Å². The first-order chi connectivity index (χ1) is 6.95. The third-order valence-electron chi connectivity index (χ3n) is 2.39. The third kappa shape index (κ3) is 3.72. The first kappa shape index (κ1) is 11.7. The smallest absolute Gasteiger partial charge is 0.0149 e. The fraction of sp³-hybridized carbons (Fsp3) is 0.143. The summed E-state index contributed by atoms with van der Waals surface area (Å²) in [7, 11) is 0. The zero-order chi connectivity index (χ0) is 9.64. The van der Waals surface area contributed by atoms with E-state index < -0.39 is 0 Å². The summed E-state index contributed by atoms with van der Waals surface area (Å²) in [6.07, 6.45) is 2.26. The zero-order valence-electron chi connectivity index (χ0n) is 8.19. The van der Waals surface area contributed by atoms with Gasteiger partial charge in [-0.1, -0.05) is 60.7 Å². The van der Waals surface area contributed by atoms with Crippen molar-refractivity contribution in [3.63, 3.8) is 0 Å². The van der Waals surface area contributed by atoms with Crippen LogP contribution in [-0.4, -0.2) is 11.0 Å². The Morgan fingerprint density at radius 3 is 1.20 bits per heavy atom. The van der Waals surface area contributed by atoms with Crippen molar-refractivity contribution in [3.8, 4) is 0 Å². The molecule has 2 aromatic carbocycles. The highest BCUT2D eigenvalue weighted by atomic mass is 28.1. The molecule has 2 aromatic rings. The van der Waals surface area contributed by atoms with E-state index in [9.17, 15) is 0 Å². The number of aryl methyl sites for hydroxylation is 2. The van der Waals surface area contributed by atoms with Gasteiger partial charge in [0.15, 0.2) is 0 Å². The fourth-order valence-corrected chi connectivity index (χ4v) is 1.58. The van der Waals surface area contributed by atoms with Gasteiger partial charge in [-0.2, -0.15) is 0 Å². The maximum Gasteiger partial charge on any atom is -0.0149 e. The van der Waals surface area contributed by atoms with Gasteiger partial charge >= 0.3 is 0 Å². The number of hydrogen-bond donors (Lipinski definition) is 0. The van der Waals surface area contributed by atoms with Crippen LogP contribution in [0.5, 0.6) is 0 Å². The average molecular weight is 214 g/mol. The van der Waals surface area contributed by atoms with Crippen LogP contribution in [-0.2, 0) is 12.8 Å². The lowest BCUT2D eigenvalue weighted by Crippen LogP contribution is -1.89. The summed E-state index contributed by atoms with van der Waals surface area (Å²) >= 11 is 0. The summed E-state index contributed by atoms with van der Waals surface area (Å²) in [4.78, 5) is 0. The molecule has 0 nitrogen and oxygen atoms in total. The largest absolute Gasteiger partial charge is 0.0622 e. The number of hydrogen-bond acceptors (Lipinski definition) is 0. The van der Waals surface area contributed by atoms with Gasteiger partial charge in [-0.15, -0.1) is 0 Å². The van der Waals surface area contributed by atoms with E-state index in [0.717, 1.165) is 12.8 Å². The highest BCUT2D eigenvalue weighted by molar-refractivity contribution is 5.75. The molecule has 0 atom stereocenters. The van der Waals surface area contributed by atoms with Crippen molar-refractivity contribution in [2.45, 2.75) is 12.8 Å². The second-order valence-corrected chi connectivity index (χ2v) is 3.47. The van der Waals surface area contributed by atoms with Crippen LogP contribution in [0.2, 0.25) is 0 Å². The number of benzene rings is 2. The molecule has 15 heavy (non-hydrogen) atoms. The Kier molecular flexibility index (Phi) is 4.85. The molecular formula is C14H18Si. The molecule has 0 aliphatic carbocycles. The molecule has 0 saturated carbocycles. The summed E-state index contributed by atoms with van der Waals surface area (Å²) in [5.41, 5.74) is 2.83. The van der Waals surface area contributed by atoms with Crippen molar-refractivity contribution in [2.75, 3.05) is 0 Å². The minimum Gasteiger partial charge on any atom is -0.0622 e. The Labute approximate surface area is 96.0 Å². The first-order valence-corrected chi connectivity index (χ1v) is 5.03. The second kappa shape index (κ2) is 6.20. The van der Waals surface area contributed by atoms with Crippen LogP contribution in [0.25, 0.3) is 0 Å². The van der Waals surface area contributed by atoms with Crippen LogP contribution < -0.4 is 0 Å². The van der Waals surface area contributed by atoms with Gasteiger partial charge in [0.2, 0.25) is 0 Å². The molecule has 0 aromatic heterocycles. The van der Waals surface area contributed by atoms with E-state index in [1.165, 1.54) is 11.1 Å². The Bertz CT molecular complexity index is 328. The lowest BCUT2D eigenvalue weighted by atomic mass is 10.0. The Morgan fingerprint density at radius 1 is 0.533 bits per heavy atom. The molecule has 2 rings (SSSR count). The molecular weight excluding hydrogens is 196 g/mol. The SMILES string of the molecule is [SiH4].c1ccc(CCc2ccccc2)cc1. The van der Waals surface area contributed by atoms with E-state index in [-0.39, 0.29) is 11.0 Å². The van der Waals surface area contributed by atoms with Crippen LogP contribution in [0.4, 0.5) is 0 Å². The maximum atomic E-state index is 2.18. The minimum atomic E-state index is 0. The quantitative estimate of drug-likeness (QED) is 0.686. The van der Waals surface area contributed by atoms with Gasteiger partial charge < -0.3 is 0 Å². The van der Waals surface area contributed by atoms with E-state index in [2.05, 4.69) is 60.7 Å². The standard InChI is InChI=1S/C14H14.H4Si/c1-3-7-13(8-4-1)11-12-14-9-5-2-6-10-14;/h1-10H,11-12H2;1H4. The average Bonchev–Trinajstić information content (AvgIpc) is 2.29. The normalized spacial score (nSPS) is 9.33. The first-order valence-electron chi connectivity index (χ1n) is 5.03. The van der Waals surface area contributed by atoms with Crippen LogP contribution in [0.15, 0.2) is 60.7 Å². The molecule has 0 fully saturated rings. The van der Waals surface area contributed by atoms with Gasteiger partial charge in [0.05, 0.1) is 0 Å².